The fourth-order valence-corrected chi connectivity index (χ4v) is 2.93. The van der Waals surface area contributed by atoms with Crippen LogP contribution in [0.3, 0.4) is 0 Å². The van der Waals surface area contributed by atoms with Crippen molar-refractivity contribution < 1.29 is 13.2 Å². The molecule has 0 saturated heterocycles. The number of carbonyl (C=O) groups excluding carboxylic acids is 1. The lowest BCUT2D eigenvalue weighted by Gasteiger charge is -2.02. The number of H-pyrrole nitrogens is 1. The summed E-state index contributed by atoms with van der Waals surface area (Å²) in [5.41, 5.74) is 0.584. The minimum atomic E-state index is -3.17. The topological polar surface area (TPSA) is 67.0 Å². The molecule has 0 radical (unpaired) electrons. The Hall–Kier alpha value is -1.53. The normalized spacial score (nSPS) is 11.4. The second-order valence-electron chi connectivity index (χ2n) is 4.04. The van der Waals surface area contributed by atoms with Crippen LogP contribution < -0.4 is 0 Å². The molecule has 2 rings (SSSR count). The van der Waals surface area contributed by atoms with Gasteiger partial charge < -0.3 is 4.98 Å². The van der Waals surface area contributed by atoms with Gasteiger partial charge in [-0.05, 0) is 36.4 Å². The maximum Gasteiger partial charge on any atom is 0.189 e. The first-order valence-electron chi connectivity index (χ1n) is 5.56. The minimum absolute atomic E-state index is 0.0159. The zero-order valence-electron chi connectivity index (χ0n) is 10.3. The van der Waals surface area contributed by atoms with Gasteiger partial charge in [-0.1, -0.05) is 0 Å². The predicted octanol–water partition coefficient (Wildman–Crippen LogP) is 2.39. The summed E-state index contributed by atoms with van der Waals surface area (Å²) in [6, 6.07) is 10.0. The van der Waals surface area contributed by atoms with Crippen molar-refractivity contribution in [3.05, 3.63) is 48.3 Å². The number of thioether (sulfide) groups is 1. The highest BCUT2D eigenvalue weighted by atomic mass is 32.2. The van der Waals surface area contributed by atoms with E-state index in [4.69, 9.17) is 0 Å². The molecule has 0 aliphatic rings. The number of carbonyl (C=O) groups is 1. The standard InChI is InChI=1S/C13H13NO3S2/c1-19(16,17)11-6-4-10(5-7-11)18-9-13(15)12-3-2-8-14-12/h2-8,14H,9H2,1H3. The first kappa shape index (κ1) is 13.9. The van der Waals surface area contributed by atoms with E-state index in [1.807, 2.05) is 0 Å². The molecule has 1 aromatic heterocycles. The Kier molecular flexibility index (Phi) is 4.11. The Labute approximate surface area is 116 Å². The van der Waals surface area contributed by atoms with Gasteiger partial charge in [-0.25, -0.2) is 8.42 Å². The van der Waals surface area contributed by atoms with Crippen molar-refractivity contribution in [1.29, 1.82) is 0 Å². The third-order valence-corrected chi connectivity index (χ3v) is 4.66. The molecule has 1 aromatic carbocycles. The van der Waals surface area contributed by atoms with Gasteiger partial charge in [0.25, 0.3) is 0 Å². The molecule has 0 fully saturated rings. The first-order chi connectivity index (χ1) is 8.97. The van der Waals surface area contributed by atoms with E-state index in [0.717, 1.165) is 4.90 Å². The van der Waals surface area contributed by atoms with Gasteiger partial charge >= 0.3 is 0 Å². The molecule has 0 amide bonds. The first-order valence-corrected chi connectivity index (χ1v) is 8.44. The molecule has 1 heterocycles. The van der Waals surface area contributed by atoms with Gasteiger partial charge in [0.1, 0.15) is 0 Å². The van der Waals surface area contributed by atoms with Crippen LogP contribution in [0.25, 0.3) is 0 Å². The van der Waals surface area contributed by atoms with E-state index in [0.29, 0.717) is 11.4 Å². The Bertz CT molecular complexity index is 658. The van der Waals surface area contributed by atoms with Crippen molar-refractivity contribution in [3.63, 3.8) is 0 Å². The summed E-state index contributed by atoms with van der Waals surface area (Å²) in [6.45, 7) is 0. The Morgan fingerprint density at radius 1 is 1.21 bits per heavy atom. The van der Waals surface area contributed by atoms with Crippen LogP contribution in [0.5, 0.6) is 0 Å². The Balaban J connectivity index is 1.99. The molecule has 0 saturated carbocycles. The quantitative estimate of drug-likeness (QED) is 0.679. The molecule has 0 aliphatic heterocycles. The van der Waals surface area contributed by atoms with E-state index in [1.165, 1.54) is 18.0 Å². The van der Waals surface area contributed by atoms with E-state index in [-0.39, 0.29) is 10.7 Å². The third-order valence-electron chi connectivity index (χ3n) is 2.52. The number of hydrogen-bond donors (Lipinski definition) is 1. The Morgan fingerprint density at radius 3 is 2.42 bits per heavy atom. The molecule has 2 aromatic rings. The van der Waals surface area contributed by atoms with Crippen LogP contribution in [0.4, 0.5) is 0 Å². The predicted molar refractivity (Wildman–Crippen MR) is 75.4 cm³/mol. The third kappa shape index (κ3) is 3.71. The molecular formula is C13H13NO3S2. The van der Waals surface area contributed by atoms with Crippen molar-refractivity contribution in [1.82, 2.24) is 4.98 Å². The Morgan fingerprint density at radius 2 is 1.89 bits per heavy atom. The second-order valence-corrected chi connectivity index (χ2v) is 7.10. The van der Waals surface area contributed by atoms with Crippen LogP contribution in [-0.4, -0.2) is 31.2 Å². The molecule has 0 aliphatic carbocycles. The van der Waals surface area contributed by atoms with Crippen molar-refractivity contribution >= 4 is 27.4 Å². The highest BCUT2D eigenvalue weighted by Gasteiger charge is 2.09. The van der Waals surface area contributed by atoms with E-state index in [9.17, 15) is 13.2 Å². The lowest BCUT2D eigenvalue weighted by Crippen LogP contribution is -2.02. The van der Waals surface area contributed by atoms with E-state index >= 15 is 0 Å². The van der Waals surface area contributed by atoms with Gasteiger partial charge in [-0.2, -0.15) is 0 Å². The molecular weight excluding hydrogens is 282 g/mol. The van der Waals surface area contributed by atoms with E-state index < -0.39 is 9.84 Å². The lowest BCUT2D eigenvalue weighted by atomic mass is 10.3. The van der Waals surface area contributed by atoms with Gasteiger partial charge in [0, 0.05) is 17.3 Å². The number of sulfone groups is 1. The minimum Gasteiger partial charge on any atom is -0.359 e. The van der Waals surface area contributed by atoms with Crippen LogP contribution in [0.2, 0.25) is 0 Å². The van der Waals surface area contributed by atoms with Crippen molar-refractivity contribution in [2.24, 2.45) is 0 Å². The van der Waals surface area contributed by atoms with Gasteiger partial charge in [0.05, 0.1) is 16.3 Å². The van der Waals surface area contributed by atoms with Crippen LogP contribution in [0.1, 0.15) is 10.5 Å². The zero-order chi connectivity index (χ0) is 13.9. The summed E-state index contributed by atoms with van der Waals surface area (Å²) in [6.07, 6.45) is 2.88. The summed E-state index contributed by atoms with van der Waals surface area (Å²) in [7, 11) is -3.17. The number of hydrogen-bond acceptors (Lipinski definition) is 4. The lowest BCUT2D eigenvalue weighted by molar-refractivity contribution is 0.101. The molecule has 100 valence electrons. The number of Topliss-reactive ketones (excluding diaryl/α,β-unsaturated/α-hetero) is 1. The summed E-state index contributed by atoms with van der Waals surface area (Å²) in [5.74, 6) is 0.334. The number of nitrogens with one attached hydrogen (secondary N) is 1. The van der Waals surface area contributed by atoms with E-state index in [1.54, 1.807) is 42.6 Å². The number of aromatic amines is 1. The molecule has 0 unspecified atom stereocenters. The van der Waals surface area contributed by atoms with Crippen LogP contribution in [0, 0.1) is 0 Å². The zero-order valence-corrected chi connectivity index (χ0v) is 11.9. The molecule has 1 N–H and O–H groups in total. The SMILES string of the molecule is CS(=O)(=O)c1ccc(SCC(=O)c2ccc[nH]2)cc1. The van der Waals surface area contributed by atoms with Crippen molar-refractivity contribution in [3.8, 4) is 0 Å². The highest BCUT2D eigenvalue weighted by molar-refractivity contribution is 8.00. The van der Waals surface area contributed by atoms with Crippen molar-refractivity contribution in [2.75, 3.05) is 12.0 Å². The van der Waals surface area contributed by atoms with Gasteiger partial charge in [-0.15, -0.1) is 11.8 Å². The molecule has 19 heavy (non-hydrogen) atoms. The van der Waals surface area contributed by atoms with Crippen LogP contribution in [0.15, 0.2) is 52.4 Å². The molecule has 0 atom stereocenters. The monoisotopic (exact) mass is 295 g/mol. The summed E-state index contributed by atoms with van der Waals surface area (Å²) >= 11 is 1.38. The maximum atomic E-state index is 11.8. The highest BCUT2D eigenvalue weighted by Crippen LogP contribution is 2.21. The smallest absolute Gasteiger partial charge is 0.189 e. The van der Waals surface area contributed by atoms with E-state index in [2.05, 4.69) is 4.98 Å². The van der Waals surface area contributed by atoms with Crippen molar-refractivity contribution in [2.45, 2.75) is 9.79 Å². The second kappa shape index (κ2) is 5.63. The molecule has 0 spiro atoms. The number of aromatic nitrogens is 1. The van der Waals surface area contributed by atoms with Crippen LogP contribution >= 0.6 is 11.8 Å². The fraction of sp³-hybridized carbons (Fsp3) is 0.154. The van der Waals surface area contributed by atoms with Gasteiger partial charge in [0.15, 0.2) is 15.6 Å². The van der Waals surface area contributed by atoms with Gasteiger partial charge in [-0.3, -0.25) is 4.79 Å². The number of ketones is 1. The van der Waals surface area contributed by atoms with Gasteiger partial charge in [0.2, 0.25) is 0 Å². The molecule has 6 heteroatoms. The summed E-state index contributed by atoms with van der Waals surface area (Å²) in [5, 5.41) is 0. The summed E-state index contributed by atoms with van der Waals surface area (Å²) in [4.78, 5) is 15.8. The fourth-order valence-electron chi connectivity index (χ4n) is 1.51. The maximum absolute atomic E-state index is 11.8. The number of benzene rings is 1. The average molecular weight is 295 g/mol. The largest absolute Gasteiger partial charge is 0.359 e. The molecule has 4 nitrogen and oxygen atoms in total. The average Bonchev–Trinajstić information content (AvgIpc) is 2.89. The molecule has 0 bridgehead atoms. The summed E-state index contributed by atoms with van der Waals surface area (Å²) < 4.78 is 22.6. The number of rotatable bonds is 5. The van der Waals surface area contributed by atoms with Crippen LogP contribution in [-0.2, 0) is 9.84 Å².